The quantitative estimate of drug-likeness (QED) is 0.553. The van der Waals surface area contributed by atoms with Crippen LogP contribution >= 0.6 is 0 Å². The number of morpholine rings is 1. The number of cyclic esters (lactones) is 1. The molecule has 2 heterocycles. The van der Waals surface area contributed by atoms with Crippen LogP contribution in [0.2, 0.25) is 0 Å². The highest BCUT2D eigenvalue weighted by Gasteiger charge is 2.50. The van der Waals surface area contributed by atoms with Gasteiger partial charge in [0.05, 0.1) is 19.6 Å². The van der Waals surface area contributed by atoms with Crippen molar-refractivity contribution in [3.8, 4) is 0 Å². The number of alkyl halides is 2. The maximum atomic E-state index is 12.9. The van der Waals surface area contributed by atoms with E-state index in [2.05, 4.69) is 15.0 Å². The highest BCUT2D eigenvalue weighted by atomic mass is 19.3. The summed E-state index contributed by atoms with van der Waals surface area (Å²) in [6, 6.07) is 0. The molecular weight excluding hydrogens is 246 g/mol. The number of hydrogen-bond acceptors (Lipinski definition) is 5. The molecule has 0 saturated carbocycles. The van der Waals surface area contributed by atoms with Gasteiger partial charge in [-0.15, -0.1) is 0 Å². The number of esters is 1. The first-order chi connectivity index (χ1) is 8.58. The van der Waals surface area contributed by atoms with Crippen molar-refractivity contribution >= 4 is 5.97 Å². The molecule has 5 nitrogen and oxygen atoms in total. The molecule has 0 spiro atoms. The number of nitrogens with zero attached hydrogens (tertiary/aromatic N) is 1. The van der Waals surface area contributed by atoms with Crippen LogP contribution in [0.4, 0.5) is 8.78 Å². The van der Waals surface area contributed by atoms with Crippen LogP contribution in [0.25, 0.3) is 0 Å². The molecule has 2 saturated heterocycles. The van der Waals surface area contributed by atoms with E-state index in [0.717, 1.165) is 32.8 Å². The zero-order valence-corrected chi connectivity index (χ0v) is 10.2. The fourth-order valence-corrected chi connectivity index (χ4v) is 2.09. The van der Waals surface area contributed by atoms with Crippen molar-refractivity contribution in [2.24, 2.45) is 0 Å². The maximum absolute atomic E-state index is 12.9. The van der Waals surface area contributed by atoms with Crippen LogP contribution < -0.4 is 5.32 Å². The summed E-state index contributed by atoms with van der Waals surface area (Å²) >= 11 is 0. The number of carbonyl (C=O) groups is 1. The Hall–Kier alpha value is -0.790. The summed E-state index contributed by atoms with van der Waals surface area (Å²) in [5.74, 6) is -4.71. The maximum Gasteiger partial charge on any atom is 0.377 e. The van der Waals surface area contributed by atoms with E-state index in [-0.39, 0.29) is 6.54 Å². The third-order valence-corrected chi connectivity index (χ3v) is 3.14. The third-order valence-electron chi connectivity index (χ3n) is 3.14. The van der Waals surface area contributed by atoms with Crippen molar-refractivity contribution in [2.45, 2.75) is 18.4 Å². The number of carbonyl (C=O) groups excluding carboxylic acids is 1. The van der Waals surface area contributed by atoms with Crippen molar-refractivity contribution in [2.75, 3.05) is 45.9 Å². The first-order valence-electron chi connectivity index (χ1n) is 6.18. The summed E-state index contributed by atoms with van der Waals surface area (Å²) in [7, 11) is 0. The highest BCUT2D eigenvalue weighted by Crippen LogP contribution is 2.30. The SMILES string of the molecule is O=C1OC(CNCCN2CCOCC2)CC1(F)F. The summed E-state index contributed by atoms with van der Waals surface area (Å²) < 4.78 is 35.5. The molecular formula is C11H18F2N2O3. The van der Waals surface area contributed by atoms with Gasteiger partial charge >= 0.3 is 11.9 Å². The summed E-state index contributed by atoms with van der Waals surface area (Å²) in [5.41, 5.74) is 0. The van der Waals surface area contributed by atoms with Gasteiger partial charge in [-0.2, -0.15) is 8.78 Å². The van der Waals surface area contributed by atoms with Gasteiger partial charge < -0.3 is 14.8 Å². The molecule has 18 heavy (non-hydrogen) atoms. The molecule has 1 N–H and O–H groups in total. The number of rotatable bonds is 5. The lowest BCUT2D eigenvalue weighted by Gasteiger charge is -2.26. The fourth-order valence-electron chi connectivity index (χ4n) is 2.09. The van der Waals surface area contributed by atoms with Crippen molar-refractivity contribution in [3.63, 3.8) is 0 Å². The lowest BCUT2D eigenvalue weighted by molar-refractivity contribution is -0.159. The molecule has 0 aliphatic carbocycles. The topological polar surface area (TPSA) is 50.8 Å². The predicted molar refractivity (Wildman–Crippen MR) is 59.6 cm³/mol. The molecule has 0 aromatic carbocycles. The van der Waals surface area contributed by atoms with E-state index in [9.17, 15) is 13.6 Å². The molecule has 1 atom stereocenters. The number of nitrogens with one attached hydrogen (secondary N) is 1. The highest BCUT2D eigenvalue weighted by molar-refractivity contribution is 5.79. The third kappa shape index (κ3) is 3.60. The average Bonchev–Trinajstić information content (AvgIpc) is 2.60. The van der Waals surface area contributed by atoms with Gasteiger partial charge in [0.25, 0.3) is 0 Å². The van der Waals surface area contributed by atoms with Gasteiger partial charge in [0, 0.05) is 32.7 Å². The Morgan fingerprint density at radius 1 is 1.39 bits per heavy atom. The Morgan fingerprint density at radius 2 is 2.11 bits per heavy atom. The van der Waals surface area contributed by atoms with Crippen LogP contribution in [0.1, 0.15) is 6.42 Å². The average molecular weight is 264 g/mol. The zero-order valence-electron chi connectivity index (χ0n) is 10.2. The van der Waals surface area contributed by atoms with E-state index < -0.39 is 24.4 Å². The minimum Gasteiger partial charge on any atom is -0.456 e. The molecule has 2 fully saturated rings. The van der Waals surface area contributed by atoms with E-state index in [1.165, 1.54) is 0 Å². The van der Waals surface area contributed by atoms with E-state index in [0.29, 0.717) is 6.54 Å². The lowest BCUT2D eigenvalue weighted by atomic mass is 10.2. The molecule has 2 aliphatic rings. The van der Waals surface area contributed by atoms with Crippen molar-refractivity contribution in [1.29, 1.82) is 0 Å². The van der Waals surface area contributed by atoms with Gasteiger partial charge in [-0.3, -0.25) is 4.90 Å². The molecule has 0 aromatic rings. The molecule has 2 rings (SSSR count). The van der Waals surface area contributed by atoms with Crippen LogP contribution in [0.15, 0.2) is 0 Å². The molecule has 0 amide bonds. The molecule has 0 aromatic heterocycles. The van der Waals surface area contributed by atoms with Crippen LogP contribution in [-0.4, -0.2) is 68.8 Å². The molecule has 104 valence electrons. The van der Waals surface area contributed by atoms with Gasteiger partial charge in [-0.1, -0.05) is 0 Å². The monoisotopic (exact) mass is 264 g/mol. The minimum absolute atomic E-state index is 0.283. The van der Waals surface area contributed by atoms with E-state index in [4.69, 9.17) is 4.74 Å². The summed E-state index contributed by atoms with van der Waals surface area (Å²) in [5, 5.41) is 3.04. The number of hydrogen-bond donors (Lipinski definition) is 1. The van der Waals surface area contributed by atoms with E-state index in [1.54, 1.807) is 0 Å². The second-order valence-corrected chi connectivity index (χ2v) is 4.59. The van der Waals surface area contributed by atoms with Crippen LogP contribution in [0, 0.1) is 0 Å². The number of ether oxygens (including phenoxy) is 2. The van der Waals surface area contributed by atoms with Crippen LogP contribution in [0.3, 0.4) is 0 Å². The second kappa shape index (κ2) is 5.90. The largest absolute Gasteiger partial charge is 0.456 e. The molecule has 0 radical (unpaired) electrons. The standard InChI is InChI=1S/C11H18F2N2O3/c12-11(13)7-9(18-10(11)16)8-14-1-2-15-3-5-17-6-4-15/h9,14H,1-8H2. The van der Waals surface area contributed by atoms with Crippen molar-refractivity contribution in [3.05, 3.63) is 0 Å². The lowest BCUT2D eigenvalue weighted by Crippen LogP contribution is -2.41. The van der Waals surface area contributed by atoms with Gasteiger partial charge in [0.1, 0.15) is 6.10 Å². The van der Waals surface area contributed by atoms with Crippen LogP contribution in [-0.2, 0) is 14.3 Å². The first kappa shape index (κ1) is 13.6. The predicted octanol–water partition coefficient (Wildman–Crippen LogP) is -0.141. The molecule has 2 aliphatic heterocycles. The summed E-state index contributed by atoms with van der Waals surface area (Å²) in [6.07, 6.45) is -1.23. The molecule has 7 heteroatoms. The summed E-state index contributed by atoms with van der Waals surface area (Å²) in [4.78, 5) is 13.0. The van der Waals surface area contributed by atoms with Crippen LogP contribution in [0.5, 0.6) is 0 Å². The van der Waals surface area contributed by atoms with E-state index in [1.807, 2.05) is 0 Å². The van der Waals surface area contributed by atoms with E-state index >= 15 is 0 Å². The van der Waals surface area contributed by atoms with Gasteiger partial charge in [-0.05, 0) is 0 Å². The fraction of sp³-hybridized carbons (Fsp3) is 0.909. The number of halogens is 2. The Bertz CT molecular complexity index is 296. The van der Waals surface area contributed by atoms with Gasteiger partial charge in [0.2, 0.25) is 0 Å². The Kier molecular flexibility index (Phi) is 4.47. The molecule has 1 unspecified atom stereocenters. The van der Waals surface area contributed by atoms with Gasteiger partial charge in [0.15, 0.2) is 0 Å². The van der Waals surface area contributed by atoms with Crippen molar-refractivity contribution in [1.82, 2.24) is 10.2 Å². The Labute approximate surface area is 104 Å². The second-order valence-electron chi connectivity index (χ2n) is 4.59. The Balaban J connectivity index is 1.57. The van der Waals surface area contributed by atoms with Crippen molar-refractivity contribution < 1.29 is 23.0 Å². The smallest absolute Gasteiger partial charge is 0.377 e. The molecule has 0 bridgehead atoms. The zero-order chi connectivity index (χ0) is 13.0. The Morgan fingerprint density at radius 3 is 2.72 bits per heavy atom. The van der Waals surface area contributed by atoms with Gasteiger partial charge in [-0.25, -0.2) is 4.79 Å². The normalized spacial score (nSPS) is 28.3. The first-order valence-corrected chi connectivity index (χ1v) is 6.18. The minimum atomic E-state index is -3.31. The summed E-state index contributed by atoms with van der Waals surface area (Å²) in [6.45, 7) is 5.11.